The summed E-state index contributed by atoms with van der Waals surface area (Å²) in [5, 5.41) is 9.96. The highest BCUT2D eigenvalue weighted by Gasteiger charge is 2.35. The zero-order valence-electron chi connectivity index (χ0n) is 9.47. The summed E-state index contributed by atoms with van der Waals surface area (Å²) in [5.74, 6) is 0.116. The van der Waals surface area contributed by atoms with E-state index in [1.807, 2.05) is 37.3 Å². The van der Waals surface area contributed by atoms with Gasteiger partial charge in [0.1, 0.15) is 0 Å². The van der Waals surface area contributed by atoms with Crippen molar-refractivity contribution in [3.63, 3.8) is 0 Å². The first kappa shape index (κ1) is 11.1. The summed E-state index contributed by atoms with van der Waals surface area (Å²) in [5.41, 5.74) is 1.02. The van der Waals surface area contributed by atoms with E-state index in [0.717, 1.165) is 5.56 Å². The molecule has 3 heteroatoms. The molecule has 1 aliphatic heterocycles. The van der Waals surface area contributed by atoms with E-state index in [2.05, 4.69) is 0 Å². The highest BCUT2D eigenvalue weighted by molar-refractivity contribution is 5.76. The van der Waals surface area contributed by atoms with Crippen LogP contribution in [-0.2, 0) is 4.79 Å². The molecule has 1 saturated heterocycles. The van der Waals surface area contributed by atoms with Gasteiger partial charge in [0.2, 0.25) is 5.91 Å². The third-order valence-corrected chi connectivity index (χ3v) is 3.13. The van der Waals surface area contributed by atoms with Crippen molar-refractivity contribution in [1.29, 1.82) is 0 Å². The first-order chi connectivity index (χ1) is 7.74. The fourth-order valence-electron chi connectivity index (χ4n) is 2.31. The van der Waals surface area contributed by atoms with E-state index in [1.165, 1.54) is 0 Å². The van der Waals surface area contributed by atoms with Gasteiger partial charge in [-0.2, -0.15) is 0 Å². The monoisotopic (exact) mass is 219 g/mol. The number of carbonyl (C=O) groups excluding carboxylic acids is 1. The van der Waals surface area contributed by atoms with Gasteiger partial charge in [0.15, 0.2) is 0 Å². The maximum Gasteiger partial charge on any atom is 0.222 e. The van der Waals surface area contributed by atoms with E-state index >= 15 is 0 Å². The molecule has 1 aliphatic rings. The third-order valence-electron chi connectivity index (χ3n) is 3.13. The van der Waals surface area contributed by atoms with Crippen molar-refractivity contribution in [2.45, 2.75) is 31.9 Å². The maximum absolute atomic E-state index is 11.8. The van der Waals surface area contributed by atoms with E-state index in [4.69, 9.17) is 0 Å². The number of rotatable bonds is 2. The van der Waals surface area contributed by atoms with E-state index in [1.54, 1.807) is 4.90 Å². The summed E-state index contributed by atoms with van der Waals surface area (Å²) in [6, 6.07) is 9.60. The van der Waals surface area contributed by atoms with Crippen LogP contribution in [0.25, 0.3) is 0 Å². The van der Waals surface area contributed by atoms with Crippen LogP contribution in [0.15, 0.2) is 30.3 Å². The number of hydrogen-bond acceptors (Lipinski definition) is 2. The highest BCUT2D eigenvalue weighted by atomic mass is 16.3. The normalized spacial score (nSPS) is 24.8. The Morgan fingerprint density at radius 3 is 2.75 bits per heavy atom. The molecule has 1 N–H and O–H groups in total. The minimum Gasteiger partial charge on any atom is -0.391 e. The molecule has 0 saturated carbocycles. The van der Waals surface area contributed by atoms with Gasteiger partial charge in [-0.05, 0) is 12.0 Å². The number of benzene rings is 1. The van der Waals surface area contributed by atoms with Gasteiger partial charge in [-0.25, -0.2) is 0 Å². The van der Waals surface area contributed by atoms with Crippen molar-refractivity contribution in [2.24, 2.45) is 0 Å². The van der Waals surface area contributed by atoms with Crippen LogP contribution in [-0.4, -0.2) is 28.6 Å². The lowest BCUT2D eigenvalue weighted by Crippen LogP contribution is -2.32. The average Bonchev–Trinajstić information content (AvgIpc) is 2.71. The smallest absolute Gasteiger partial charge is 0.222 e. The predicted molar refractivity (Wildman–Crippen MR) is 61.8 cm³/mol. The van der Waals surface area contributed by atoms with Crippen molar-refractivity contribution in [3.8, 4) is 0 Å². The summed E-state index contributed by atoms with van der Waals surface area (Å²) >= 11 is 0. The molecule has 2 unspecified atom stereocenters. The fourth-order valence-corrected chi connectivity index (χ4v) is 2.31. The first-order valence-corrected chi connectivity index (χ1v) is 5.76. The van der Waals surface area contributed by atoms with Crippen LogP contribution in [0.5, 0.6) is 0 Å². The molecule has 1 fully saturated rings. The molecule has 0 aromatic heterocycles. The third kappa shape index (κ3) is 1.95. The Kier molecular flexibility index (Phi) is 3.25. The lowest BCUT2D eigenvalue weighted by Gasteiger charge is -2.26. The number of aliphatic hydroxyl groups is 1. The Morgan fingerprint density at radius 2 is 2.12 bits per heavy atom. The van der Waals surface area contributed by atoms with Gasteiger partial charge < -0.3 is 10.0 Å². The van der Waals surface area contributed by atoms with Crippen LogP contribution in [0.2, 0.25) is 0 Å². The summed E-state index contributed by atoms with van der Waals surface area (Å²) in [6.07, 6.45) is 0.736. The van der Waals surface area contributed by atoms with Crippen LogP contribution >= 0.6 is 0 Å². The van der Waals surface area contributed by atoms with Gasteiger partial charge in [-0.1, -0.05) is 37.3 Å². The van der Waals surface area contributed by atoms with Gasteiger partial charge in [-0.3, -0.25) is 4.79 Å². The van der Waals surface area contributed by atoms with Gasteiger partial charge in [0.05, 0.1) is 12.1 Å². The second kappa shape index (κ2) is 4.66. The van der Waals surface area contributed by atoms with Crippen molar-refractivity contribution < 1.29 is 9.90 Å². The van der Waals surface area contributed by atoms with Gasteiger partial charge in [-0.15, -0.1) is 0 Å². The van der Waals surface area contributed by atoms with Crippen LogP contribution in [0.4, 0.5) is 0 Å². The van der Waals surface area contributed by atoms with Crippen molar-refractivity contribution in [1.82, 2.24) is 4.90 Å². The molecule has 1 aromatic carbocycles. The van der Waals surface area contributed by atoms with Gasteiger partial charge in [0, 0.05) is 13.0 Å². The number of likely N-dealkylation sites (tertiary alicyclic amines) is 1. The lowest BCUT2D eigenvalue weighted by atomic mass is 10.0. The summed E-state index contributed by atoms with van der Waals surface area (Å²) < 4.78 is 0. The minimum atomic E-state index is -0.433. The quantitative estimate of drug-likeness (QED) is 0.823. The molecule has 2 rings (SSSR count). The summed E-state index contributed by atoms with van der Waals surface area (Å²) in [6.45, 7) is 2.52. The van der Waals surface area contributed by atoms with Crippen LogP contribution in [0.3, 0.4) is 0 Å². The van der Waals surface area contributed by atoms with E-state index in [0.29, 0.717) is 19.4 Å². The Hall–Kier alpha value is -1.35. The molecule has 1 aromatic rings. The Morgan fingerprint density at radius 1 is 1.44 bits per heavy atom. The zero-order valence-corrected chi connectivity index (χ0v) is 9.47. The van der Waals surface area contributed by atoms with Gasteiger partial charge >= 0.3 is 0 Å². The number of hydrogen-bond donors (Lipinski definition) is 1. The molecular weight excluding hydrogens is 202 g/mol. The van der Waals surface area contributed by atoms with Crippen LogP contribution < -0.4 is 0 Å². The Bertz CT molecular complexity index is 363. The fraction of sp³-hybridized carbons (Fsp3) is 0.462. The molecule has 86 valence electrons. The standard InChI is InChI=1S/C13H17NO2/c1-2-12(16)14-9-8-11(15)13(14)10-6-4-3-5-7-10/h3-7,11,13,15H,2,8-9H2,1H3. The number of nitrogens with zero attached hydrogens (tertiary/aromatic N) is 1. The molecule has 0 bridgehead atoms. The van der Waals surface area contributed by atoms with E-state index in [9.17, 15) is 9.90 Å². The summed E-state index contributed by atoms with van der Waals surface area (Å²) in [7, 11) is 0. The molecule has 1 amide bonds. The number of aliphatic hydroxyl groups excluding tert-OH is 1. The van der Waals surface area contributed by atoms with Crippen molar-refractivity contribution in [3.05, 3.63) is 35.9 Å². The van der Waals surface area contributed by atoms with Crippen molar-refractivity contribution in [2.75, 3.05) is 6.54 Å². The Balaban J connectivity index is 2.26. The Labute approximate surface area is 95.7 Å². The van der Waals surface area contributed by atoms with Crippen LogP contribution in [0.1, 0.15) is 31.4 Å². The lowest BCUT2D eigenvalue weighted by molar-refractivity contribution is -0.132. The highest BCUT2D eigenvalue weighted by Crippen LogP contribution is 2.32. The molecular formula is C13H17NO2. The molecule has 0 spiro atoms. The van der Waals surface area contributed by atoms with Crippen LogP contribution in [0, 0.1) is 0 Å². The molecule has 0 aliphatic carbocycles. The molecule has 16 heavy (non-hydrogen) atoms. The predicted octanol–water partition coefficient (Wildman–Crippen LogP) is 1.73. The molecule has 0 radical (unpaired) electrons. The molecule has 2 atom stereocenters. The van der Waals surface area contributed by atoms with E-state index < -0.39 is 6.10 Å². The maximum atomic E-state index is 11.8. The largest absolute Gasteiger partial charge is 0.391 e. The zero-order chi connectivity index (χ0) is 11.5. The van der Waals surface area contributed by atoms with E-state index in [-0.39, 0.29) is 11.9 Å². The number of carbonyl (C=O) groups is 1. The SMILES string of the molecule is CCC(=O)N1CCC(O)C1c1ccccc1. The molecule has 1 heterocycles. The number of amides is 1. The topological polar surface area (TPSA) is 40.5 Å². The summed E-state index contributed by atoms with van der Waals surface area (Å²) in [4.78, 5) is 13.5. The average molecular weight is 219 g/mol. The second-order valence-electron chi connectivity index (χ2n) is 4.15. The van der Waals surface area contributed by atoms with Crippen molar-refractivity contribution >= 4 is 5.91 Å². The minimum absolute atomic E-state index is 0.116. The first-order valence-electron chi connectivity index (χ1n) is 5.76. The molecule has 3 nitrogen and oxygen atoms in total. The second-order valence-corrected chi connectivity index (χ2v) is 4.15. The van der Waals surface area contributed by atoms with Gasteiger partial charge in [0.25, 0.3) is 0 Å².